The van der Waals surface area contributed by atoms with Gasteiger partial charge in [0.15, 0.2) is 0 Å². The lowest BCUT2D eigenvalue weighted by atomic mass is 9.98. The average Bonchev–Trinajstić information content (AvgIpc) is 2.41. The SMILES string of the molecule is Cc1cccc(-c2ccc(=O)n(CCCN)c2)c1C. The van der Waals surface area contributed by atoms with E-state index in [0.717, 1.165) is 12.0 Å². The van der Waals surface area contributed by atoms with Gasteiger partial charge in [-0.1, -0.05) is 18.2 Å². The first-order valence-electron chi connectivity index (χ1n) is 6.60. The molecule has 0 aliphatic rings. The van der Waals surface area contributed by atoms with Gasteiger partial charge in [-0.05, 0) is 55.1 Å². The molecular formula is C16H20N2O. The summed E-state index contributed by atoms with van der Waals surface area (Å²) in [5.41, 5.74) is 10.3. The molecule has 0 saturated heterocycles. The van der Waals surface area contributed by atoms with Crippen molar-refractivity contribution in [1.29, 1.82) is 0 Å². The van der Waals surface area contributed by atoms with Crippen molar-refractivity contribution < 1.29 is 0 Å². The number of nitrogens with zero attached hydrogens (tertiary/aromatic N) is 1. The zero-order chi connectivity index (χ0) is 13.8. The van der Waals surface area contributed by atoms with Crippen LogP contribution in [-0.4, -0.2) is 11.1 Å². The molecule has 1 aromatic carbocycles. The minimum Gasteiger partial charge on any atom is -0.330 e. The van der Waals surface area contributed by atoms with E-state index in [2.05, 4.69) is 26.0 Å². The fraction of sp³-hybridized carbons (Fsp3) is 0.312. The molecule has 0 aliphatic carbocycles. The van der Waals surface area contributed by atoms with Crippen molar-refractivity contribution in [2.75, 3.05) is 6.54 Å². The Morgan fingerprint density at radius 2 is 1.95 bits per heavy atom. The molecule has 0 atom stereocenters. The lowest BCUT2D eigenvalue weighted by Gasteiger charge is -2.11. The van der Waals surface area contributed by atoms with Gasteiger partial charge in [0.1, 0.15) is 0 Å². The Morgan fingerprint density at radius 1 is 1.16 bits per heavy atom. The van der Waals surface area contributed by atoms with Crippen LogP contribution in [0.15, 0.2) is 41.3 Å². The van der Waals surface area contributed by atoms with Gasteiger partial charge in [-0.25, -0.2) is 0 Å². The van der Waals surface area contributed by atoms with Crippen molar-refractivity contribution in [3.05, 3.63) is 58.0 Å². The maximum atomic E-state index is 11.8. The highest BCUT2D eigenvalue weighted by Gasteiger charge is 2.05. The maximum absolute atomic E-state index is 11.8. The van der Waals surface area contributed by atoms with Crippen LogP contribution in [0.1, 0.15) is 17.5 Å². The second kappa shape index (κ2) is 5.85. The van der Waals surface area contributed by atoms with Gasteiger partial charge in [0.2, 0.25) is 0 Å². The highest BCUT2D eigenvalue weighted by atomic mass is 16.1. The standard InChI is InChI=1S/C16H20N2O/c1-12-5-3-6-15(13(12)2)14-7-8-16(19)18(11-14)10-4-9-17/h3,5-8,11H,4,9-10,17H2,1-2H3. The molecule has 2 aromatic rings. The van der Waals surface area contributed by atoms with E-state index in [0.29, 0.717) is 13.1 Å². The number of aryl methyl sites for hydroxylation is 2. The molecule has 0 aliphatic heterocycles. The van der Waals surface area contributed by atoms with E-state index < -0.39 is 0 Å². The van der Waals surface area contributed by atoms with Crippen LogP contribution in [0.2, 0.25) is 0 Å². The van der Waals surface area contributed by atoms with E-state index in [1.807, 2.05) is 18.3 Å². The van der Waals surface area contributed by atoms with Crippen molar-refractivity contribution in [2.24, 2.45) is 5.73 Å². The van der Waals surface area contributed by atoms with Crippen LogP contribution >= 0.6 is 0 Å². The topological polar surface area (TPSA) is 48.0 Å². The smallest absolute Gasteiger partial charge is 0.250 e. The summed E-state index contributed by atoms with van der Waals surface area (Å²) in [6.07, 6.45) is 2.75. The fourth-order valence-electron chi connectivity index (χ4n) is 2.19. The number of rotatable bonds is 4. The summed E-state index contributed by atoms with van der Waals surface area (Å²) in [4.78, 5) is 11.8. The lowest BCUT2D eigenvalue weighted by Crippen LogP contribution is -2.20. The van der Waals surface area contributed by atoms with Crippen LogP contribution in [0.4, 0.5) is 0 Å². The Hall–Kier alpha value is -1.87. The highest BCUT2D eigenvalue weighted by molar-refractivity contribution is 5.67. The minimum absolute atomic E-state index is 0.0301. The van der Waals surface area contributed by atoms with Crippen molar-refractivity contribution in [3.8, 4) is 11.1 Å². The molecule has 1 aromatic heterocycles. The van der Waals surface area contributed by atoms with Gasteiger partial charge in [0.05, 0.1) is 0 Å². The Labute approximate surface area is 113 Å². The van der Waals surface area contributed by atoms with Crippen LogP contribution < -0.4 is 11.3 Å². The molecule has 0 unspecified atom stereocenters. The first kappa shape index (κ1) is 13.6. The summed E-state index contributed by atoms with van der Waals surface area (Å²) >= 11 is 0. The molecule has 2 rings (SSSR count). The summed E-state index contributed by atoms with van der Waals surface area (Å²) in [7, 11) is 0. The monoisotopic (exact) mass is 256 g/mol. The summed E-state index contributed by atoms with van der Waals surface area (Å²) in [6.45, 7) is 5.48. The molecule has 0 radical (unpaired) electrons. The Balaban J connectivity index is 2.45. The van der Waals surface area contributed by atoms with Gasteiger partial charge in [-0.2, -0.15) is 0 Å². The number of aromatic nitrogens is 1. The Morgan fingerprint density at radius 3 is 2.68 bits per heavy atom. The van der Waals surface area contributed by atoms with Crippen molar-refractivity contribution in [1.82, 2.24) is 4.57 Å². The Kier molecular flexibility index (Phi) is 4.17. The highest BCUT2D eigenvalue weighted by Crippen LogP contribution is 2.24. The number of benzene rings is 1. The molecule has 0 amide bonds. The molecule has 0 spiro atoms. The van der Waals surface area contributed by atoms with Crippen LogP contribution in [0, 0.1) is 13.8 Å². The molecule has 3 heteroatoms. The molecule has 19 heavy (non-hydrogen) atoms. The third kappa shape index (κ3) is 2.93. The van der Waals surface area contributed by atoms with Crippen molar-refractivity contribution in [3.63, 3.8) is 0 Å². The van der Waals surface area contributed by atoms with Gasteiger partial charge < -0.3 is 10.3 Å². The number of hydrogen-bond donors (Lipinski definition) is 1. The van der Waals surface area contributed by atoms with E-state index >= 15 is 0 Å². The number of nitrogens with two attached hydrogens (primary N) is 1. The summed E-state index contributed by atoms with van der Waals surface area (Å²) in [5, 5.41) is 0. The molecule has 0 bridgehead atoms. The molecule has 0 saturated carbocycles. The average molecular weight is 256 g/mol. The molecule has 100 valence electrons. The molecular weight excluding hydrogens is 236 g/mol. The third-order valence-electron chi connectivity index (χ3n) is 3.50. The van der Waals surface area contributed by atoms with Crippen LogP contribution in [-0.2, 0) is 6.54 Å². The lowest BCUT2D eigenvalue weighted by molar-refractivity contribution is 0.630. The predicted octanol–water partition coefficient (Wildman–Crippen LogP) is 2.48. The van der Waals surface area contributed by atoms with E-state index in [1.54, 1.807) is 10.6 Å². The second-order valence-electron chi connectivity index (χ2n) is 4.84. The van der Waals surface area contributed by atoms with Gasteiger partial charge in [-0.3, -0.25) is 4.79 Å². The first-order chi connectivity index (χ1) is 9.13. The normalized spacial score (nSPS) is 10.7. The number of pyridine rings is 1. The summed E-state index contributed by atoms with van der Waals surface area (Å²) in [5.74, 6) is 0. The predicted molar refractivity (Wildman–Crippen MR) is 79.3 cm³/mol. The Bertz CT molecular complexity index is 629. The third-order valence-corrected chi connectivity index (χ3v) is 3.50. The van der Waals surface area contributed by atoms with Gasteiger partial charge in [0.25, 0.3) is 5.56 Å². The van der Waals surface area contributed by atoms with E-state index in [4.69, 9.17) is 5.73 Å². The van der Waals surface area contributed by atoms with Gasteiger partial charge >= 0.3 is 0 Å². The molecule has 1 heterocycles. The fourth-order valence-corrected chi connectivity index (χ4v) is 2.19. The van der Waals surface area contributed by atoms with Crippen molar-refractivity contribution >= 4 is 0 Å². The zero-order valence-electron chi connectivity index (χ0n) is 11.5. The quantitative estimate of drug-likeness (QED) is 0.913. The zero-order valence-corrected chi connectivity index (χ0v) is 11.5. The maximum Gasteiger partial charge on any atom is 0.250 e. The number of hydrogen-bond acceptors (Lipinski definition) is 2. The summed E-state index contributed by atoms with van der Waals surface area (Å²) < 4.78 is 1.74. The molecule has 0 fully saturated rings. The van der Waals surface area contributed by atoms with Crippen LogP contribution in [0.3, 0.4) is 0 Å². The summed E-state index contributed by atoms with van der Waals surface area (Å²) in [6, 6.07) is 9.77. The largest absolute Gasteiger partial charge is 0.330 e. The van der Waals surface area contributed by atoms with E-state index in [1.165, 1.54) is 16.7 Å². The van der Waals surface area contributed by atoms with Gasteiger partial charge in [-0.15, -0.1) is 0 Å². The van der Waals surface area contributed by atoms with Crippen molar-refractivity contribution in [2.45, 2.75) is 26.8 Å². The van der Waals surface area contributed by atoms with Crippen LogP contribution in [0.25, 0.3) is 11.1 Å². The first-order valence-corrected chi connectivity index (χ1v) is 6.60. The van der Waals surface area contributed by atoms with E-state index in [9.17, 15) is 4.79 Å². The minimum atomic E-state index is 0.0301. The van der Waals surface area contributed by atoms with E-state index in [-0.39, 0.29) is 5.56 Å². The second-order valence-corrected chi connectivity index (χ2v) is 4.84. The van der Waals surface area contributed by atoms with Crippen LogP contribution in [0.5, 0.6) is 0 Å². The van der Waals surface area contributed by atoms with Gasteiger partial charge in [0, 0.05) is 18.8 Å². The molecule has 2 N–H and O–H groups in total. The molecule has 3 nitrogen and oxygen atoms in total.